The van der Waals surface area contributed by atoms with Gasteiger partial charge < -0.3 is 5.11 Å². The SMILES string of the molecule is O=C(O)c1cccn1S(=O)(=O)c1ccc([N+](=O)[O-])cc1. The smallest absolute Gasteiger partial charge is 0.353 e. The van der Waals surface area contributed by atoms with Crippen LogP contribution < -0.4 is 0 Å². The molecule has 0 bridgehead atoms. The van der Waals surface area contributed by atoms with Crippen molar-refractivity contribution in [2.45, 2.75) is 4.90 Å². The highest BCUT2D eigenvalue weighted by molar-refractivity contribution is 7.90. The van der Waals surface area contributed by atoms with Crippen molar-refractivity contribution in [1.29, 1.82) is 0 Å². The van der Waals surface area contributed by atoms with Crippen molar-refractivity contribution in [3.05, 3.63) is 58.4 Å². The molecule has 0 saturated heterocycles. The van der Waals surface area contributed by atoms with E-state index in [2.05, 4.69) is 0 Å². The lowest BCUT2D eigenvalue weighted by molar-refractivity contribution is -0.384. The van der Waals surface area contributed by atoms with E-state index >= 15 is 0 Å². The molecule has 8 nitrogen and oxygen atoms in total. The Morgan fingerprint density at radius 1 is 1.20 bits per heavy atom. The molecule has 9 heteroatoms. The third kappa shape index (κ3) is 2.26. The van der Waals surface area contributed by atoms with Gasteiger partial charge in [0.05, 0.1) is 9.82 Å². The van der Waals surface area contributed by atoms with Gasteiger partial charge in [-0.1, -0.05) is 0 Å². The fourth-order valence-corrected chi connectivity index (χ4v) is 2.93. The molecule has 2 rings (SSSR count). The molecule has 0 radical (unpaired) electrons. The molecule has 0 spiro atoms. The molecule has 0 fully saturated rings. The maximum Gasteiger partial charge on any atom is 0.353 e. The Morgan fingerprint density at radius 2 is 1.80 bits per heavy atom. The maximum absolute atomic E-state index is 12.2. The summed E-state index contributed by atoms with van der Waals surface area (Å²) >= 11 is 0. The van der Waals surface area contributed by atoms with Crippen molar-refractivity contribution in [1.82, 2.24) is 3.97 Å². The minimum atomic E-state index is -4.10. The van der Waals surface area contributed by atoms with Crippen LogP contribution in [-0.4, -0.2) is 28.4 Å². The van der Waals surface area contributed by atoms with Crippen molar-refractivity contribution in [2.24, 2.45) is 0 Å². The Balaban J connectivity index is 2.52. The van der Waals surface area contributed by atoms with Gasteiger partial charge in [0.15, 0.2) is 0 Å². The van der Waals surface area contributed by atoms with Gasteiger partial charge >= 0.3 is 5.97 Å². The molecule has 0 saturated carbocycles. The van der Waals surface area contributed by atoms with E-state index in [4.69, 9.17) is 5.11 Å². The number of nitro groups is 1. The quantitative estimate of drug-likeness (QED) is 0.671. The van der Waals surface area contributed by atoms with Crippen LogP contribution in [0.2, 0.25) is 0 Å². The van der Waals surface area contributed by atoms with E-state index in [0.717, 1.165) is 36.5 Å². The number of carboxylic acid groups (broad SMARTS) is 1. The zero-order valence-corrected chi connectivity index (χ0v) is 10.6. The Kier molecular flexibility index (Phi) is 3.28. The first-order valence-electron chi connectivity index (χ1n) is 5.25. The van der Waals surface area contributed by atoms with Crippen LogP contribution >= 0.6 is 0 Å². The monoisotopic (exact) mass is 296 g/mol. The van der Waals surface area contributed by atoms with E-state index in [0.29, 0.717) is 3.97 Å². The number of benzene rings is 1. The van der Waals surface area contributed by atoms with Gasteiger partial charge in [-0.2, -0.15) is 0 Å². The minimum absolute atomic E-state index is 0.234. The number of hydrogen-bond donors (Lipinski definition) is 1. The van der Waals surface area contributed by atoms with Crippen molar-refractivity contribution in [3.8, 4) is 0 Å². The summed E-state index contributed by atoms with van der Waals surface area (Å²) < 4.78 is 25.1. The van der Waals surface area contributed by atoms with Crippen molar-refractivity contribution in [2.75, 3.05) is 0 Å². The first-order valence-corrected chi connectivity index (χ1v) is 6.69. The normalized spacial score (nSPS) is 11.2. The van der Waals surface area contributed by atoms with Gasteiger partial charge in [-0.05, 0) is 24.3 Å². The third-order valence-corrected chi connectivity index (χ3v) is 4.24. The standard InChI is InChI=1S/C11H8N2O6S/c14-11(15)10-2-1-7-12(10)20(18,19)9-5-3-8(4-6-9)13(16)17/h1-7H,(H,14,15). The van der Waals surface area contributed by atoms with E-state index in [9.17, 15) is 23.3 Å². The van der Waals surface area contributed by atoms with Gasteiger partial charge in [0.1, 0.15) is 5.69 Å². The molecule has 0 atom stereocenters. The molecule has 0 aliphatic rings. The highest BCUT2D eigenvalue weighted by atomic mass is 32.2. The van der Waals surface area contributed by atoms with Gasteiger partial charge in [-0.15, -0.1) is 0 Å². The van der Waals surface area contributed by atoms with Crippen LogP contribution in [0.1, 0.15) is 10.5 Å². The predicted octanol–water partition coefficient (Wildman–Crippen LogP) is 1.33. The Bertz CT molecular complexity index is 775. The molecule has 0 aliphatic carbocycles. The molecule has 1 heterocycles. The van der Waals surface area contributed by atoms with Crippen LogP contribution in [0.4, 0.5) is 5.69 Å². The first kappa shape index (κ1) is 13.7. The number of non-ortho nitro benzene ring substituents is 1. The summed E-state index contributed by atoms with van der Waals surface area (Å²) in [4.78, 5) is 20.5. The zero-order chi connectivity index (χ0) is 14.9. The van der Waals surface area contributed by atoms with Gasteiger partial charge in [0, 0.05) is 18.3 Å². The number of nitro benzene ring substituents is 1. The summed E-state index contributed by atoms with van der Waals surface area (Å²) in [6.07, 6.45) is 1.10. The zero-order valence-electron chi connectivity index (χ0n) is 9.83. The van der Waals surface area contributed by atoms with Gasteiger partial charge in [-0.25, -0.2) is 17.2 Å². The Labute approximate surface area is 113 Å². The summed E-state index contributed by atoms with van der Waals surface area (Å²) in [6, 6.07) is 6.61. The number of hydrogen-bond acceptors (Lipinski definition) is 5. The Morgan fingerprint density at radius 3 is 2.30 bits per heavy atom. The molecule has 1 N–H and O–H groups in total. The summed E-state index contributed by atoms with van der Waals surface area (Å²) in [6.45, 7) is 0. The van der Waals surface area contributed by atoms with Gasteiger partial charge in [0.2, 0.25) is 0 Å². The number of aromatic carboxylic acids is 1. The first-order chi connectivity index (χ1) is 9.34. The lowest BCUT2D eigenvalue weighted by atomic mass is 10.3. The number of carboxylic acids is 1. The lowest BCUT2D eigenvalue weighted by Crippen LogP contribution is -2.17. The highest BCUT2D eigenvalue weighted by Crippen LogP contribution is 2.20. The van der Waals surface area contributed by atoms with E-state index in [1.807, 2.05) is 0 Å². The second kappa shape index (κ2) is 4.78. The molecule has 0 unspecified atom stereocenters. The third-order valence-electron chi connectivity index (χ3n) is 2.54. The van der Waals surface area contributed by atoms with Crippen LogP contribution in [0.5, 0.6) is 0 Å². The minimum Gasteiger partial charge on any atom is -0.477 e. The van der Waals surface area contributed by atoms with E-state index < -0.39 is 26.6 Å². The molecular formula is C11H8N2O6S. The molecule has 1 aromatic heterocycles. The number of aromatic nitrogens is 1. The summed E-state index contributed by atoms with van der Waals surface area (Å²) in [5, 5.41) is 19.4. The van der Waals surface area contributed by atoms with E-state index in [-0.39, 0.29) is 10.6 Å². The predicted molar refractivity (Wildman–Crippen MR) is 67.1 cm³/mol. The summed E-state index contributed by atoms with van der Waals surface area (Å²) in [5.41, 5.74) is -0.668. The molecule has 0 amide bonds. The molecular weight excluding hydrogens is 288 g/mol. The fourth-order valence-electron chi connectivity index (χ4n) is 1.59. The highest BCUT2D eigenvalue weighted by Gasteiger charge is 2.22. The topological polar surface area (TPSA) is 120 Å². The van der Waals surface area contributed by atoms with Crippen molar-refractivity contribution < 1.29 is 23.2 Å². The van der Waals surface area contributed by atoms with Crippen LogP contribution in [-0.2, 0) is 10.0 Å². The second-order valence-electron chi connectivity index (χ2n) is 3.75. The summed E-state index contributed by atoms with van der Waals surface area (Å²) in [5.74, 6) is -1.39. The van der Waals surface area contributed by atoms with Crippen LogP contribution in [0.25, 0.3) is 0 Å². The second-order valence-corrected chi connectivity index (χ2v) is 5.57. The molecule has 0 aliphatic heterocycles. The lowest BCUT2D eigenvalue weighted by Gasteiger charge is -2.07. The van der Waals surface area contributed by atoms with E-state index in [1.54, 1.807) is 0 Å². The summed E-state index contributed by atoms with van der Waals surface area (Å²) in [7, 11) is -4.10. The average molecular weight is 296 g/mol. The van der Waals surface area contributed by atoms with Crippen LogP contribution in [0, 0.1) is 10.1 Å². The molecule has 2 aromatic rings. The molecule has 1 aromatic carbocycles. The van der Waals surface area contributed by atoms with E-state index in [1.165, 1.54) is 6.07 Å². The fraction of sp³-hybridized carbons (Fsp3) is 0. The van der Waals surface area contributed by atoms with Crippen LogP contribution in [0.15, 0.2) is 47.5 Å². The molecule has 104 valence electrons. The number of nitrogens with zero attached hydrogens (tertiary/aromatic N) is 2. The van der Waals surface area contributed by atoms with Crippen LogP contribution in [0.3, 0.4) is 0 Å². The van der Waals surface area contributed by atoms with Crippen molar-refractivity contribution in [3.63, 3.8) is 0 Å². The molecule has 20 heavy (non-hydrogen) atoms. The van der Waals surface area contributed by atoms with Crippen molar-refractivity contribution >= 4 is 21.7 Å². The Hall–Kier alpha value is -2.68. The number of rotatable bonds is 4. The van der Waals surface area contributed by atoms with Gasteiger partial charge in [0.25, 0.3) is 15.7 Å². The maximum atomic E-state index is 12.2. The van der Waals surface area contributed by atoms with Gasteiger partial charge in [-0.3, -0.25) is 10.1 Å². The average Bonchev–Trinajstić information content (AvgIpc) is 2.89. The largest absolute Gasteiger partial charge is 0.477 e. The number of carbonyl (C=O) groups is 1.